The van der Waals surface area contributed by atoms with Crippen LogP contribution < -0.4 is 4.90 Å². The Hall–Kier alpha value is -1.30. The smallest absolute Gasteiger partial charge is 0.386 e. The second-order valence-corrected chi connectivity index (χ2v) is 5.28. The van der Waals surface area contributed by atoms with E-state index in [2.05, 4.69) is 0 Å². The van der Waals surface area contributed by atoms with E-state index >= 15 is 0 Å². The Kier molecular flexibility index (Phi) is 3.24. The number of benzene rings is 1. The first-order chi connectivity index (χ1) is 8.63. The number of β-amino-alcohol motifs (C(OH)–C–C–N with tert-alkyl or cyclic N) is 1. The van der Waals surface area contributed by atoms with E-state index in [1.54, 1.807) is 0 Å². The zero-order chi connectivity index (χ0) is 14.4. The highest BCUT2D eigenvalue weighted by atomic mass is 19.4. The summed E-state index contributed by atoms with van der Waals surface area (Å²) in [4.78, 5) is 1.54. The van der Waals surface area contributed by atoms with Crippen LogP contribution in [0, 0.1) is 11.7 Å². The summed E-state index contributed by atoms with van der Waals surface area (Å²) in [5.74, 6) is -0.901. The van der Waals surface area contributed by atoms with E-state index in [0.29, 0.717) is 6.07 Å². The second-order valence-electron chi connectivity index (χ2n) is 5.28. The lowest BCUT2D eigenvalue weighted by Crippen LogP contribution is -2.65. The average Bonchev–Trinajstić information content (AvgIpc) is 2.23. The molecule has 0 saturated carbocycles. The molecule has 2 nitrogen and oxygen atoms in total. The van der Waals surface area contributed by atoms with Gasteiger partial charge in [0, 0.05) is 13.1 Å². The van der Waals surface area contributed by atoms with Gasteiger partial charge in [0.2, 0.25) is 0 Å². The average molecular weight is 277 g/mol. The summed E-state index contributed by atoms with van der Waals surface area (Å²) in [6, 6.07) is 2.45. The normalized spacial score (nSPS) is 18.6. The molecule has 0 radical (unpaired) electrons. The zero-order valence-corrected chi connectivity index (χ0v) is 10.6. The van der Waals surface area contributed by atoms with Crippen LogP contribution in [0.1, 0.15) is 19.4 Å². The van der Waals surface area contributed by atoms with Crippen molar-refractivity contribution in [1.29, 1.82) is 0 Å². The molecule has 2 rings (SSSR count). The Morgan fingerprint density at radius 3 is 2.26 bits per heavy atom. The third kappa shape index (κ3) is 2.54. The summed E-state index contributed by atoms with van der Waals surface area (Å²) in [6.45, 7) is 4.15. The summed E-state index contributed by atoms with van der Waals surface area (Å²) >= 11 is 0. The van der Waals surface area contributed by atoms with Crippen molar-refractivity contribution in [3.8, 4) is 0 Å². The molecular formula is C13H15F4NO. The maximum absolute atomic E-state index is 13.7. The minimum absolute atomic E-state index is 0.0151. The van der Waals surface area contributed by atoms with Crippen LogP contribution >= 0.6 is 0 Å². The van der Waals surface area contributed by atoms with Crippen molar-refractivity contribution in [2.45, 2.75) is 25.6 Å². The fourth-order valence-corrected chi connectivity index (χ4v) is 2.09. The van der Waals surface area contributed by atoms with Gasteiger partial charge in [-0.15, -0.1) is 0 Å². The highest BCUT2D eigenvalue weighted by molar-refractivity contribution is 5.53. The Morgan fingerprint density at radius 2 is 1.84 bits per heavy atom. The SMILES string of the molecule is CC(C)C1(O)CN(c2ccc(C(F)(F)F)cc2F)C1. The number of anilines is 1. The predicted octanol–water partition coefficient (Wildman–Crippen LogP) is 3.05. The van der Waals surface area contributed by atoms with Crippen molar-refractivity contribution >= 4 is 5.69 Å². The van der Waals surface area contributed by atoms with Gasteiger partial charge in [-0.05, 0) is 24.1 Å². The van der Waals surface area contributed by atoms with Gasteiger partial charge in [0.25, 0.3) is 0 Å². The summed E-state index contributed by atoms with van der Waals surface area (Å²) in [5, 5.41) is 10.0. The molecular weight excluding hydrogens is 262 g/mol. The number of aliphatic hydroxyl groups is 1. The number of alkyl halides is 3. The lowest BCUT2D eigenvalue weighted by atomic mass is 9.82. The molecule has 1 aliphatic rings. The molecule has 1 aromatic rings. The van der Waals surface area contributed by atoms with Crippen molar-refractivity contribution in [3.63, 3.8) is 0 Å². The fourth-order valence-electron chi connectivity index (χ4n) is 2.09. The predicted molar refractivity (Wildman–Crippen MR) is 63.4 cm³/mol. The molecule has 19 heavy (non-hydrogen) atoms. The highest BCUT2D eigenvalue weighted by Crippen LogP contribution is 2.36. The minimum Gasteiger partial charge on any atom is -0.386 e. The molecule has 106 valence electrons. The molecule has 1 N–H and O–H groups in total. The summed E-state index contributed by atoms with van der Waals surface area (Å²) in [6.07, 6.45) is -4.55. The quantitative estimate of drug-likeness (QED) is 0.840. The first-order valence-electron chi connectivity index (χ1n) is 5.97. The van der Waals surface area contributed by atoms with Gasteiger partial charge in [-0.2, -0.15) is 13.2 Å². The molecule has 1 aliphatic heterocycles. The topological polar surface area (TPSA) is 23.5 Å². The van der Waals surface area contributed by atoms with Crippen molar-refractivity contribution in [3.05, 3.63) is 29.6 Å². The van der Waals surface area contributed by atoms with Gasteiger partial charge >= 0.3 is 6.18 Å². The summed E-state index contributed by atoms with van der Waals surface area (Å²) in [7, 11) is 0. The Balaban J connectivity index is 2.17. The highest BCUT2D eigenvalue weighted by Gasteiger charge is 2.44. The molecule has 6 heteroatoms. The van der Waals surface area contributed by atoms with Crippen LogP contribution in [0.2, 0.25) is 0 Å². The zero-order valence-electron chi connectivity index (χ0n) is 10.6. The van der Waals surface area contributed by atoms with E-state index < -0.39 is 23.2 Å². The molecule has 0 bridgehead atoms. The molecule has 1 fully saturated rings. The Bertz CT molecular complexity index is 478. The number of hydrogen-bond acceptors (Lipinski definition) is 2. The van der Waals surface area contributed by atoms with Gasteiger partial charge in [-0.3, -0.25) is 0 Å². The molecule has 1 aromatic carbocycles. The molecule has 1 saturated heterocycles. The van der Waals surface area contributed by atoms with E-state index in [1.165, 1.54) is 4.90 Å². The number of nitrogens with zero attached hydrogens (tertiary/aromatic N) is 1. The molecule has 1 heterocycles. The standard InChI is InChI=1S/C13H15F4NO/c1-8(2)12(19)6-18(7-12)11-4-3-9(5-10(11)14)13(15,16)17/h3-5,8,19H,6-7H2,1-2H3. The largest absolute Gasteiger partial charge is 0.416 e. The van der Waals surface area contributed by atoms with E-state index in [1.807, 2.05) is 13.8 Å². The first kappa shape index (κ1) is 14.1. The van der Waals surface area contributed by atoms with Crippen molar-refractivity contribution in [1.82, 2.24) is 0 Å². The third-order valence-electron chi connectivity index (χ3n) is 3.62. The van der Waals surface area contributed by atoms with Crippen LogP contribution in [0.3, 0.4) is 0 Å². The van der Waals surface area contributed by atoms with Crippen LogP contribution in [0.15, 0.2) is 18.2 Å². The molecule has 0 unspecified atom stereocenters. The maximum atomic E-state index is 13.7. The van der Waals surface area contributed by atoms with Crippen LogP contribution in [0.4, 0.5) is 23.2 Å². The number of hydrogen-bond donors (Lipinski definition) is 1. The lowest BCUT2D eigenvalue weighted by Gasteiger charge is -2.50. The van der Waals surface area contributed by atoms with Gasteiger partial charge in [0.05, 0.1) is 11.3 Å². The van der Waals surface area contributed by atoms with Gasteiger partial charge in [0.15, 0.2) is 0 Å². The molecule has 0 atom stereocenters. The lowest BCUT2D eigenvalue weighted by molar-refractivity contribution is -0.137. The summed E-state index contributed by atoms with van der Waals surface area (Å²) < 4.78 is 50.9. The van der Waals surface area contributed by atoms with Crippen LogP contribution in [-0.4, -0.2) is 23.8 Å². The monoisotopic (exact) mass is 277 g/mol. The molecule has 0 aliphatic carbocycles. The van der Waals surface area contributed by atoms with Crippen LogP contribution in [-0.2, 0) is 6.18 Å². The minimum atomic E-state index is -4.55. The van der Waals surface area contributed by atoms with Gasteiger partial charge in [-0.1, -0.05) is 13.8 Å². The first-order valence-corrected chi connectivity index (χ1v) is 5.97. The van der Waals surface area contributed by atoms with E-state index in [-0.39, 0.29) is 24.7 Å². The van der Waals surface area contributed by atoms with Gasteiger partial charge in [-0.25, -0.2) is 4.39 Å². The Labute approximate surface area is 108 Å². The molecule has 0 amide bonds. The van der Waals surface area contributed by atoms with Crippen molar-refractivity contribution < 1.29 is 22.7 Å². The van der Waals surface area contributed by atoms with E-state index in [4.69, 9.17) is 0 Å². The number of rotatable bonds is 2. The Morgan fingerprint density at radius 1 is 1.26 bits per heavy atom. The van der Waals surface area contributed by atoms with Crippen LogP contribution in [0.5, 0.6) is 0 Å². The molecule has 0 spiro atoms. The third-order valence-corrected chi connectivity index (χ3v) is 3.62. The second kappa shape index (κ2) is 4.37. The van der Waals surface area contributed by atoms with Crippen molar-refractivity contribution in [2.24, 2.45) is 5.92 Å². The van der Waals surface area contributed by atoms with E-state index in [0.717, 1.165) is 12.1 Å². The number of halogens is 4. The van der Waals surface area contributed by atoms with E-state index in [9.17, 15) is 22.7 Å². The van der Waals surface area contributed by atoms with Crippen molar-refractivity contribution in [2.75, 3.05) is 18.0 Å². The van der Waals surface area contributed by atoms with Crippen LogP contribution in [0.25, 0.3) is 0 Å². The molecule has 0 aromatic heterocycles. The van der Waals surface area contributed by atoms with Gasteiger partial charge < -0.3 is 10.0 Å². The fraction of sp³-hybridized carbons (Fsp3) is 0.538. The van der Waals surface area contributed by atoms with Gasteiger partial charge in [0.1, 0.15) is 11.4 Å². The summed E-state index contributed by atoms with van der Waals surface area (Å²) in [5.41, 5.74) is -1.80. The maximum Gasteiger partial charge on any atom is 0.416 e.